The number of para-hydroxylation sites is 1. The summed E-state index contributed by atoms with van der Waals surface area (Å²) in [5, 5.41) is 10.2. The van der Waals surface area contributed by atoms with Gasteiger partial charge >= 0.3 is 0 Å². The quantitative estimate of drug-likeness (QED) is 0.185. The van der Waals surface area contributed by atoms with E-state index in [1.165, 1.54) is 104 Å². The topological polar surface area (TPSA) is 4.93 Å². The van der Waals surface area contributed by atoms with E-state index < -0.39 is 0 Å². The van der Waals surface area contributed by atoms with Crippen LogP contribution in [-0.2, 0) is 0 Å². The summed E-state index contributed by atoms with van der Waals surface area (Å²) in [5.74, 6) is 0. The number of rotatable bonds is 3. The van der Waals surface area contributed by atoms with Gasteiger partial charge in [0.2, 0.25) is 0 Å². The molecule has 11 rings (SSSR count). The molecule has 0 aliphatic heterocycles. The first kappa shape index (κ1) is 26.6. The van der Waals surface area contributed by atoms with Gasteiger partial charge in [0.25, 0.3) is 0 Å². The van der Waals surface area contributed by atoms with Crippen molar-refractivity contribution >= 4 is 54.1 Å². The Balaban J connectivity index is 1.03. The molecule has 1 heterocycles. The van der Waals surface area contributed by atoms with E-state index in [4.69, 9.17) is 0 Å². The summed E-state index contributed by atoms with van der Waals surface area (Å²) in [4.78, 5) is 0. The Morgan fingerprint density at radius 1 is 0.286 bits per heavy atom. The van der Waals surface area contributed by atoms with Crippen LogP contribution in [0, 0.1) is 0 Å². The Morgan fingerprint density at radius 3 is 1.57 bits per heavy atom. The van der Waals surface area contributed by atoms with Crippen LogP contribution in [-0.4, -0.2) is 4.57 Å². The maximum absolute atomic E-state index is 2.42. The molecule has 49 heavy (non-hydrogen) atoms. The van der Waals surface area contributed by atoms with Gasteiger partial charge in [-0.05, 0) is 131 Å². The van der Waals surface area contributed by atoms with Crippen LogP contribution < -0.4 is 0 Å². The van der Waals surface area contributed by atoms with Gasteiger partial charge in [0.1, 0.15) is 0 Å². The first-order valence-corrected chi connectivity index (χ1v) is 17.0. The maximum atomic E-state index is 2.42. The van der Waals surface area contributed by atoms with Crippen molar-refractivity contribution in [2.24, 2.45) is 0 Å². The molecule has 1 nitrogen and oxygen atoms in total. The minimum absolute atomic E-state index is 1.18. The number of aromatic nitrogens is 1. The fourth-order valence-corrected chi connectivity index (χ4v) is 8.32. The second-order valence-electron chi connectivity index (χ2n) is 13.4. The Labute approximate surface area is 283 Å². The fraction of sp³-hybridized carbons (Fsp3) is 0. The molecular formula is C48H29N. The zero-order valence-corrected chi connectivity index (χ0v) is 26.7. The summed E-state index contributed by atoms with van der Waals surface area (Å²) in [6.07, 6.45) is 0. The molecule has 0 fully saturated rings. The first-order valence-electron chi connectivity index (χ1n) is 17.0. The molecule has 0 saturated heterocycles. The predicted molar refractivity (Wildman–Crippen MR) is 209 cm³/mol. The molecule has 1 heteroatoms. The van der Waals surface area contributed by atoms with E-state index in [0.29, 0.717) is 0 Å². The molecule has 0 N–H and O–H groups in total. The van der Waals surface area contributed by atoms with Crippen LogP contribution in [0.15, 0.2) is 176 Å². The minimum atomic E-state index is 1.18. The Morgan fingerprint density at radius 2 is 0.816 bits per heavy atom. The second kappa shape index (κ2) is 10.0. The van der Waals surface area contributed by atoms with Gasteiger partial charge < -0.3 is 4.57 Å². The lowest BCUT2D eigenvalue weighted by atomic mass is 9.94. The highest BCUT2D eigenvalue weighted by molar-refractivity contribution is 6.18. The summed E-state index contributed by atoms with van der Waals surface area (Å²) in [6, 6.07) is 65.1. The molecule has 9 aromatic carbocycles. The van der Waals surface area contributed by atoms with Crippen LogP contribution >= 0.6 is 0 Å². The first-order chi connectivity index (χ1) is 24.3. The normalized spacial score (nSPS) is 12.1. The Hall–Kier alpha value is -6.44. The number of hydrogen-bond acceptors (Lipinski definition) is 0. The van der Waals surface area contributed by atoms with E-state index in [-0.39, 0.29) is 0 Å². The van der Waals surface area contributed by atoms with Crippen molar-refractivity contribution in [2.45, 2.75) is 0 Å². The predicted octanol–water partition coefficient (Wildman–Crippen LogP) is 13.2. The highest BCUT2D eigenvalue weighted by Crippen LogP contribution is 2.48. The van der Waals surface area contributed by atoms with Gasteiger partial charge in [-0.3, -0.25) is 0 Å². The largest absolute Gasteiger partial charge is 0.309 e. The van der Waals surface area contributed by atoms with Crippen LogP contribution in [0.2, 0.25) is 0 Å². The zero-order chi connectivity index (χ0) is 32.1. The van der Waals surface area contributed by atoms with Crippen LogP contribution in [0.5, 0.6) is 0 Å². The average Bonchev–Trinajstić information content (AvgIpc) is 3.65. The maximum Gasteiger partial charge on any atom is 0.0547 e. The van der Waals surface area contributed by atoms with E-state index in [2.05, 4.69) is 180 Å². The lowest BCUT2D eigenvalue weighted by molar-refractivity contribution is 1.18. The molecule has 0 saturated carbocycles. The molecule has 0 spiro atoms. The standard InChI is InChI=1S/C48H29N/c1-2-12-39(13-3-1)49-46-28-33-10-5-4-9-32(33)25-43(46)44-26-38-23-34(21-22-35(38)29-47(44)49)30-17-19-31(20-18-30)37-24-36-11-8-16-42-40-14-6-7-15-41(40)45(27-37)48(36)42/h1-29H. The molecule has 1 aromatic heterocycles. The second-order valence-corrected chi connectivity index (χ2v) is 13.4. The zero-order valence-electron chi connectivity index (χ0n) is 26.7. The molecular weight excluding hydrogens is 591 g/mol. The van der Waals surface area contributed by atoms with E-state index in [0.717, 1.165) is 0 Å². The number of benzene rings is 9. The van der Waals surface area contributed by atoms with Crippen molar-refractivity contribution in [3.8, 4) is 50.2 Å². The van der Waals surface area contributed by atoms with E-state index in [1.807, 2.05) is 0 Å². The smallest absolute Gasteiger partial charge is 0.0547 e. The monoisotopic (exact) mass is 619 g/mol. The van der Waals surface area contributed by atoms with Crippen molar-refractivity contribution in [3.05, 3.63) is 176 Å². The molecule has 10 aromatic rings. The summed E-state index contributed by atoms with van der Waals surface area (Å²) < 4.78 is 2.42. The summed E-state index contributed by atoms with van der Waals surface area (Å²) in [6.45, 7) is 0. The lowest BCUT2D eigenvalue weighted by Crippen LogP contribution is -1.93. The van der Waals surface area contributed by atoms with Gasteiger partial charge in [0.05, 0.1) is 11.0 Å². The van der Waals surface area contributed by atoms with Gasteiger partial charge in [-0.15, -0.1) is 0 Å². The average molecular weight is 620 g/mol. The van der Waals surface area contributed by atoms with Crippen molar-refractivity contribution in [2.75, 3.05) is 0 Å². The summed E-state index contributed by atoms with van der Waals surface area (Å²) in [7, 11) is 0. The third-order valence-corrected chi connectivity index (χ3v) is 10.6. The van der Waals surface area contributed by atoms with Crippen molar-refractivity contribution in [3.63, 3.8) is 0 Å². The minimum Gasteiger partial charge on any atom is -0.309 e. The van der Waals surface area contributed by atoms with E-state index in [9.17, 15) is 0 Å². The molecule has 226 valence electrons. The van der Waals surface area contributed by atoms with Gasteiger partial charge in [0, 0.05) is 16.5 Å². The molecule has 1 aliphatic rings. The van der Waals surface area contributed by atoms with Gasteiger partial charge in [-0.2, -0.15) is 0 Å². The van der Waals surface area contributed by atoms with Crippen LogP contribution in [0.4, 0.5) is 0 Å². The summed E-state index contributed by atoms with van der Waals surface area (Å²) in [5.41, 5.74) is 13.9. The molecule has 0 amide bonds. The lowest BCUT2D eigenvalue weighted by Gasteiger charge is -2.10. The van der Waals surface area contributed by atoms with Crippen LogP contribution in [0.1, 0.15) is 0 Å². The molecule has 0 unspecified atom stereocenters. The SMILES string of the molecule is c1ccc(-n2c3cc4ccccc4cc3c3cc4cc(-c5ccc(-c6cc7c8c(cccc8c6)-c6ccccc6-7)cc5)ccc4cc32)cc1. The van der Waals surface area contributed by atoms with Crippen LogP contribution in [0.3, 0.4) is 0 Å². The van der Waals surface area contributed by atoms with E-state index in [1.54, 1.807) is 0 Å². The van der Waals surface area contributed by atoms with Crippen molar-refractivity contribution < 1.29 is 0 Å². The Bertz CT molecular complexity index is 2960. The Kier molecular flexibility index (Phi) is 5.45. The molecule has 0 radical (unpaired) electrons. The summed E-state index contributed by atoms with van der Waals surface area (Å²) >= 11 is 0. The molecule has 1 aliphatic carbocycles. The van der Waals surface area contributed by atoms with E-state index >= 15 is 0 Å². The molecule has 0 bridgehead atoms. The number of fused-ring (bicyclic) bond motifs is 8. The fourth-order valence-electron chi connectivity index (χ4n) is 8.32. The van der Waals surface area contributed by atoms with Gasteiger partial charge in [0.15, 0.2) is 0 Å². The number of hydrogen-bond donors (Lipinski definition) is 0. The van der Waals surface area contributed by atoms with Gasteiger partial charge in [-0.25, -0.2) is 0 Å². The van der Waals surface area contributed by atoms with Crippen molar-refractivity contribution in [1.82, 2.24) is 4.57 Å². The molecule has 0 atom stereocenters. The third-order valence-electron chi connectivity index (χ3n) is 10.6. The van der Waals surface area contributed by atoms with Crippen LogP contribution in [0.25, 0.3) is 104 Å². The van der Waals surface area contributed by atoms with Gasteiger partial charge in [-0.1, -0.05) is 121 Å². The highest BCUT2D eigenvalue weighted by atomic mass is 15.0. The third kappa shape index (κ3) is 3.94. The number of nitrogens with zero attached hydrogens (tertiary/aromatic N) is 1. The highest BCUT2D eigenvalue weighted by Gasteiger charge is 2.21. The van der Waals surface area contributed by atoms with Crippen molar-refractivity contribution in [1.29, 1.82) is 0 Å².